The van der Waals surface area contributed by atoms with Gasteiger partial charge in [-0.3, -0.25) is 19.7 Å². The fraction of sp³-hybridized carbons (Fsp3) is 0.196. The predicted molar refractivity (Wildman–Crippen MR) is 243 cm³/mol. The Kier molecular flexibility index (Phi) is 14.1. The Hall–Kier alpha value is -7.15. The monoisotopic (exact) mass is 878 g/mol. The van der Waals surface area contributed by atoms with E-state index in [-0.39, 0.29) is 29.3 Å². The number of imide groups is 1. The molecule has 1 aliphatic heterocycles. The predicted octanol–water partition coefficient (Wildman–Crippen LogP) is 11.2. The Morgan fingerprint density at radius 2 is 1.44 bits per heavy atom. The zero-order valence-corrected chi connectivity index (χ0v) is 35.5. The molecule has 11 nitrogen and oxygen atoms in total. The number of carbonyl (C=O) groups is 3. The van der Waals surface area contributed by atoms with Crippen LogP contribution in [0, 0.1) is 5.82 Å². The third-order valence-electron chi connectivity index (χ3n) is 10.6. The van der Waals surface area contributed by atoms with Gasteiger partial charge in [0.05, 0.1) is 22.7 Å². The van der Waals surface area contributed by atoms with Gasteiger partial charge in [0, 0.05) is 23.2 Å². The summed E-state index contributed by atoms with van der Waals surface area (Å²) < 4.78 is 37.2. The Labute approximate surface area is 374 Å². The molecule has 0 bridgehead atoms. The summed E-state index contributed by atoms with van der Waals surface area (Å²) in [6.45, 7) is 1.82. The molecule has 324 valence electrons. The first-order valence-electron chi connectivity index (χ1n) is 21.1. The molecule has 2 N–H and O–H groups in total. The summed E-state index contributed by atoms with van der Waals surface area (Å²) >= 11 is 6.55. The number of amides is 2. The molecule has 2 heterocycles. The second kappa shape index (κ2) is 20.8. The minimum Gasteiger partial charge on any atom is -0.491 e. The van der Waals surface area contributed by atoms with E-state index >= 15 is 0 Å². The first kappa shape index (κ1) is 43.5. The maximum absolute atomic E-state index is 13.6. The van der Waals surface area contributed by atoms with Gasteiger partial charge in [0.15, 0.2) is 0 Å². The molecule has 0 radical (unpaired) electrons. The molecule has 13 heteroatoms. The molecular formula is C51H44ClFN4O7. The van der Waals surface area contributed by atoms with Crippen LogP contribution in [-0.2, 0) is 22.6 Å². The van der Waals surface area contributed by atoms with Crippen LogP contribution >= 0.6 is 11.6 Å². The average Bonchev–Trinajstić information content (AvgIpc) is 3.30. The maximum Gasteiger partial charge on any atom is 0.299 e. The molecule has 0 spiro atoms. The SMILES string of the molecule is O=C1NC(=O)c2c(Oc3cccc(CCCCCCCOCCOc4ccc(-c5ccc6ncnc(Nc7ccc(OCc8cccc(F)c8)c(Cl)c7)c6c5)cc4)c3)cccc2C1=O. The lowest BCUT2D eigenvalue weighted by atomic mass is 9.98. The summed E-state index contributed by atoms with van der Waals surface area (Å²) in [5, 5.41) is 6.70. The fourth-order valence-electron chi connectivity index (χ4n) is 7.36. The molecule has 1 aromatic heterocycles. The van der Waals surface area contributed by atoms with Crippen molar-refractivity contribution < 1.29 is 37.7 Å². The third kappa shape index (κ3) is 11.1. The number of nitrogens with zero attached hydrogens (tertiary/aromatic N) is 2. The van der Waals surface area contributed by atoms with Crippen molar-refractivity contribution in [3.8, 4) is 34.1 Å². The average molecular weight is 879 g/mol. The number of aryl methyl sites for hydroxylation is 1. The van der Waals surface area contributed by atoms with Crippen LogP contribution in [0.5, 0.6) is 23.0 Å². The molecule has 0 saturated heterocycles. The first-order chi connectivity index (χ1) is 31.3. The van der Waals surface area contributed by atoms with E-state index in [4.69, 9.17) is 30.5 Å². The summed E-state index contributed by atoms with van der Waals surface area (Å²) in [5.74, 6) is 0.0182. The molecule has 0 fully saturated rings. The molecular weight excluding hydrogens is 835 g/mol. The number of hydrogen-bond acceptors (Lipinski definition) is 10. The van der Waals surface area contributed by atoms with Crippen LogP contribution < -0.4 is 24.8 Å². The highest BCUT2D eigenvalue weighted by Gasteiger charge is 2.33. The van der Waals surface area contributed by atoms with Gasteiger partial charge in [0.2, 0.25) is 0 Å². The largest absolute Gasteiger partial charge is 0.491 e. The number of fused-ring (bicyclic) bond motifs is 2. The number of Topliss-reactive ketones (excluding diaryl/α,β-unsaturated/α-hetero) is 1. The Morgan fingerprint density at radius 3 is 2.30 bits per heavy atom. The zero-order chi connectivity index (χ0) is 44.3. The molecule has 64 heavy (non-hydrogen) atoms. The molecule has 0 aliphatic carbocycles. The molecule has 2 amide bonds. The number of ether oxygens (including phenoxy) is 4. The number of ketones is 1. The van der Waals surface area contributed by atoms with Crippen LogP contribution in [0.4, 0.5) is 15.9 Å². The summed E-state index contributed by atoms with van der Waals surface area (Å²) in [5.41, 5.74) is 5.47. The van der Waals surface area contributed by atoms with Crippen LogP contribution in [0.3, 0.4) is 0 Å². The molecule has 0 unspecified atom stereocenters. The number of aromatic nitrogens is 2. The Bertz CT molecular complexity index is 2800. The van der Waals surface area contributed by atoms with Crippen LogP contribution in [0.1, 0.15) is 63.9 Å². The minimum atomic E-state index is -0.934. The van der Waals surface area contributed by atoms with E-state index < -0.39 is 17.6 Å². The van der Waals surface area contributed by atoms with E-state index in [0.717, 1.165) is 77.6 Å². The van der Waals surface area contributed by atoms with Crippen molar-refractivity contribution in [2.45, 2.75) is 45.1 Å². The van der Waals surface area contributed by atoms with Gasteiger partial charge in [-0.25, -0.2) is 14.4 Å². The number of benzene rings is 6. The van der Waals surface area contributed by atoms with E-state index in [1.54, 1.807) is 42.5 Å². The highest BCUT2D eigenvalue weighted by molar-refractivity contribution is 6.49. The fourth-order valence-corrected chi connectivity index (χ4v) is 7.59. The summed E-state index contributed by atoms with van der Waals surface area (Å²) in [4.78, 5) is 45.4. The lowest BCUT2D eigenvalue weighted by molar-refractivity contribution is -0.116. The number of carbonyl (C=O) groups excluding carboxylic acids is 3. The Balaban J connectivity index is 0.727. The van der Waals surface area contributed by atoms with Crippen molar-refractivity contribution in [1.82, 2.24) is 15.3 Å². The number of anilines is 2. The number of hydrogen-bond donors (Lipinski definition) is 2. The summed E-state index contributed by atoms with van der Waals surface area (Å²) in [6, 6.07) is 38.0. The van der Waals surface area contributed by atoms with Crippen molar-refractivity contribution >= 4 is 51.6 Å². The van der Waals surface area contributed by atoms with Crippen molar-refractivity contribution in [1.29, 1.82) is 0 Å². The van der Waals surface area contributed by atoms with Crippen LogP contribution in [0.2, 0.25) is 5.02 Å². The van der Waals surface area contributed by atoms with Gasteiger partial charge in [0.1, 0.15) is 54.2 Å². The van der Waals surface area contributed by atoms with Gasteiger partial charge in [-0.15, -0.1) is 0 Å². The van der Waals surface area contributed by atoms with E-state index in [1.165, 1.54) is 24.5 Å². The van der Waals surface area contributed by atoms with E-state index in [1.807, 2.05) is 60.7 Å². The highest BCUT2D eigenvalue weighted by atomic mass is 35.5. The number of unbranched alkanes of at least 4 members (excludes halogenated alkanes) is 4. The lowest BCUT2D eigenvalue weighted by Crippen LogP contribution is -2.42. The number of rotatable bonds is 20. The van der Waals surface area contributed by atoms with Crippen LogP contribution in [0.25, 0.3) is 22.0 Å². The van der Waals surface area contributed by atoms with Crippen LogP contribution in [-0.4, -0.2) is 47.4 Å². The third-order valence-corrected chi connectivity index (χ3v) is 10.9. The lowest BCUT2D eigenvalue weighted by Gasteiger charge is -2.17. The van der Waals surface area contributed by atoms with Gasteiger partial charge in [-0.05, 0) is 120 Å². The molecule has 8 rings (SSSR count). The summed E-state index contributed by atoms with van der Waals surface area (Å²) in [6.07, 6.45) is 7.65. The topological polar surface area (TPSA) is 138 Å². The van der Waals surface area contributed by atoms with Gasteiger partial charge in [-0.2, -0.15) is 0 Å². The zero-order valence-electron chi connectivity index (χ0n) is 34.8. The van der Waals surface area contributed by atoms with E-state index in [0.29, 0.717) is 47.7 Å². The summed E-state index contributed by atoms with van der Waals surface area (Å²) in [7, 11) is 0. The quantitative estimate of drug-likeness (QED) is 0.0432. The number of nitrogens with one attached hydrogen (secondary N) is 2. The van der Waals surface area contributed by atoms with E-state index in [2.05, 4.69) is 26.7 Å². The second-order valence-electron chi connectivity index (χ2n) is 15.2. The Morgan fingerprint density at radius 1 is 0.641 bits per heavy atom. The van der Waals surface area contributed by atoms with Gasteiger partial charge in [0.25, 0.3) is 17.6 Å². The van der Waals surface area contributed by atoms with Crippen molar-refractivity contribution in [3.05, 3.63) is 167 Å². The van der Waals surface area contributed by atoms with Crippen LogP contribution in [0.15, 0.2) is 134 Å². The number of halogens is 2. The molecule has 0 atom stereocenters. The van der Waals surface area contributed by atoms with E-state index in [9.17, 15) is 18.8 Å². The first-order valence-corrected chi connectivity index (χ1v) is 21.4. The van der Waals surface area contributed by atoms with Gasteiger partial charge in [-0.1, -0.05) is 79.4 Å². The standard InChI is InChI=1S/C51H44ClFN4O7/c52-43-30-38(19-23-45(43)63-31-34-11-6-12-37(53)27-34)56-49-42-29-36(18-22-44(42)54-32-55-49)35-16-20-39(21-17-35)62-26-25-61-24-5-3-1-2-4-9-33-10-7-13-40(28-33)64-46-15-8-14-41-47(46)50(59)57-51(60)48(41)58/h6-8,10-23,27-30,32H,1-5,9,24-26,31H2,(H,54,55,56)(H,57,59,60). The smallest absolute Gasteiger partial charge is 0.299 e. The maximum atomic E-state index is 13.6. The van der Waals surface area contributed by atoms with Crippen molar-refractivity contribution in [2.75, 3.05) is 25.1 Å². The molecule has 6 aromatic carbocycles. The normalized spacial score (nSPS) is 12.2. The highest BCUT2D eigenvalue weighted by Crippen LogP contribution is 2.34. The van der Waals surface area contributed by atoms with Crippen molar-refractivity contribution in [3.63, 3.8) is 0 Å². The minimum absolute atomic E-state index is 0.0460. The molecule has 7 aromatic rings. The molecule has 0 saturated carbocycles. The van der Waals surface area contributed by atoms with Gasteiger partial charge >= 0.3 is 0 Å². The second-order valence-corrected chi connectivity index (χ2v) is 15.6. The van der Waals surface area contributed by atoms with Crippen molar-refractivity contribution in [2.24, 2.45) is 0 Å². The van der Waals surface area contributed by atoms with Gasteiger partial charge < -0.3 is 24.3 Å². The molecule has 1 aliphatic rings.